The topological polar surface area (TPSA) is 287 Å². The minimum absolute atomic E-state index is 0.00480. The van der Waals surface area contributed by atoms with E-state index in [9.17, 15) is 56.2 Å². The van der Waals surface area contributed by atoms with Gasteiger partial charge in [-0.15, -0.1) is 0 Å². The summed E-state index contributed by atoms with van der Waals surface area (Å²) in [7, 11) is 0. The number of fused-ring (bicyclic) bond motifs is 7. The van der Waals surface area contributed by atoms with Gasteiger partial charge in [-0.25, -0.2) is 0 Å². The molecule has 8 aliphatic rings. The molecule has 356 valence electrons. The largest absolute Gasteiger partial charge is 0.394 e. The van der Waals surface area contributed by atoms with Crippen LogP contribution < -0.4 is 0 Å². The molecule has 8 fully saturated rings. The van der Waals surface area contributed by atoms with Gasteiger partial charge in [0.2, 0.25) is 0 Å². The van der Waals surface area contributed by atoms with Crippen molar-refractivity contribution in [2.24, 2.45) is 46.3 Å². The number of rotatable bonds is 12. The van der Waals surface area contributed by atoms with Crippen molar-refractivity contribution in [2.75, 3.05) is 26.4 Å². The summed E-state index contributed by atoms with van der Waals surface area (Å²) in [6, 6.07) is 0. The number of ether oxygens (including phenoxy) is 7. The first kappa shape index (κ1) is 47.5. The Morgan fingerprint density at radius 3 is 2.10 bits per heavy atom. The van der Waals surface area contributed by atoms with E-state index >= 15 is 0 Å². The van der Waals surface area contributed by atoms with E-state index in [1.807, 2.05) is 0 Å². The highest BCUT2D eigenvalue weighted by atomic mass is 16.7. The van der Waals surface area contributed by atoms with Gasteiger partial charge in [0.15, 0.2) is 24.7 Å². The lowest BCUT2D eigenvalue weighted by atomic mass is 9.44. The molecule has 4 heterocycles. The van der Waals surface area contributed by atoms with Crippen molar-refractivity contribution < 1.29 is 89.3 Å². The molecule has 0 bridgehead atoms. The van der Waals surface area contributed by atoms with Crippen LogP contribution in [-0.2, 0) is 33.2 Å². The average Bonchev–Trinajstić information content (AvgIpc) is 3.69. The van der Waals surface area contributed by atoms with Crippen molar-refractivity contribution in [3.8, 4) is 0 Å². The van der Waals surface area contributed by atoms with Crippen LogP contribution in [0.4, 0.5) is 0 Å². The summed E-state index contributed by atoms with van der Waals surface area (Å²) in [6.45, 7) is 9.89. The number of aliphatic hydroxyl groups excluding tert-OH is 10. The monoisotopic (exact) mass is 888 g/mol. The summed E-state index contributed by atoms with van der Waals surface area (Å²) in [5.74, 6) is 0.624. The highest BCUT2D eigenvalue weighted by molar-refractivity contribution is 5.15. The molecule has 4 aliphatic heterocycles. The molecular formula is C44H72O18. The van der Waals surface area contributed by atoms with Crippen molar-refractivity contribution in [3.05, 3.63) is 12.2 Å². The van der Waals surface area contributed by atoms with E-state index in [1.165, 1.54) is 0 Å². The molecule has 0 unspecified atom stereocenters. The molecule has 0 aromatic heterocycles. The molecule has 18 heteroatoms. The molecule has 4 saturated carbocycles. The smallest absolute Gasteiger partial charge is 0.187 e. The van der Waals surface area contributed by atoms with Crippen molar-refractivity contribution in [2.45, 2.75) is 189 Å². The normalized spacial score (nSPS) is 55.2. The van der Waals surface area contributed by atoms with Crippen LogP contribution in [0.1, 0.15) is 85.0 Å². The second-order valence-electron chi connectivity index (χ2n) is 20.6. The maximum Gasteiger partial charge on any atom is 0.187 e. The van der Waals surface area contributed by atoms with Crippen molar-refractivity contribution in [1.82, 2.24) is 0 Å². The van der Waals surface area contributed by atoms with Gasteiger partial charge in [0.05, 0.1) is 38.6 Å². The maximum atomic E-state index is 12.0. The van der Waals surface area contributed by atoms with Crippen LogP contribution in [-0.4, -0.2) is 187 Å². The fourth-order valence-corrected chi connectivity index (χ4v) is 13.6. The number of hydrogen-bond acceptors (Lipinski definition) is 18. The fourth-order valence-electron chi connectivity index (χ4n) is 13.6. The Kier molecular flexibility index (Phi) is 14.0. The molecule has 4 aliphatic carbocycles. The van der Waals surface area contributed by atoms with E-state index < -0.39 is 98.4 Å². The summed E-state index contributed by atoms with van der Waals surface area (Å²) in [5.41, 5.74) is 0.734. The second-order valence-corrected chi connectivity index (χ2v) is 20.6. The lowest BCUT2D eigenvalue weighted by Crippen LogP contribution is -2.61. The summed E-state index contributed by atoms with van der Waals surface area (Å²) in [4.78, 5) is 0. The standard InChI is InChI=1S/C44H72O18/c1-19(16-56-40-37(53)34(50)32(48)28(15-45)60-40)7-12-44(55)20(2)30-27(62-44)14-25-23-6-5-21-13-22(8-10-42(21,3)24(23)9-11-43(25,30)4)59-41-38(54)35(51)33(49)29(61-41)18-58-39-36(52)31(47)26(46)17-57-39/h20-41,45-55H,1,5-18H2,2-4H3/t20-,21-,22-,23+,24-,25-,26+,27-,28+,29+,30-,31-,32+,33+,34-,35-,36+,37+,38+,39-,40+,41+,42-,43-,44+/m0/s1. The van der Waals surface area contributed by atoms with Gasteiger partial charge in [-0.05, 0) is 98.2 Å². The van der Waals surface area contributed by atoms with Crippen LogP contribution in [0.3, 0.4) is 0 Å². The van der Waals surface area contributed by atoms with Gasteiger partial charge in [0.25, 0.3) is 0 Å². The predicted octanol–water partition coefficient (Wildman–Crippen LogP) is -1.22. The van der Waals surface area contributed by atoms with E-state index in [0.29, 0.717) is 42.1 Å². The van der Waals surface area contributed by atoms with Crippen molar-refractivity contribution >= 4 is 0 Å². The predicted molar refractivity (Wildman–Crippen MR) is 213 cm³/mol. The molecule has 18 nitrogen and oxygen atoms in total. The molecule has 0 radical (unpaired) electrons. The summed E-state index contributed by atoms with van der Waals surface area (Å²) >= 11 is 0. The van der Waals surface area contributed by atoms with Crippen LogP contribution in [0.25, 0.3) is 0 Å². The van der Waals surface area contributed by atoms with Gasteiger partial charge >= 0.3 is 0 Å². The van der Waals surface area contributed by atoms with Crippen molar-refractivity contribution in [3.63, 3.8) is 0 Å². The van der Waals surface area contributed by atoms with Crippen LogP contribution in [0.5, 0.6) is 0 Å². The second kappa shape index (κ2) is 18.3. The van der Waals surface area contributed by atoms with Crippen LogP contribution in [0.15, 0.2) is 12.2 Å². The highest BCUT2D eigenvalue weighted by Crippen LogP contribution is 2.71. The molecule has 62 heavy (non-hydrogen) atoms. The molecule has 0 amide bonds. The Morgan fingerprint density at radius 1 is 0.710 bits per heavy atom. The van der Waals surface area contributed by atoms with E-state index in [0.717, 1.165) is 51.4 Å². The Morgan fingerprint density at radius 2 is 1.37 bits per heavy atom. The zero-order valence-corrected chi connectivity index (χ0v) is 36.1. The van der Waals surface area contributed by atoms with E-state index in [-0.39, 0.29) is 54.7 Å². The van der Waals surface area contributed by atoms with Crippen LogP contribution in [0.2, 0.25) is 0 Å². The quantitative estimate of drug-likeness (QED) is 0.0809. The Balaban J connectivity index is 0.834. The lowest BCUT2D eigenvalue weighted by Gasteiger charge is -2.61. The molecular weight excluding hydrogens is 816 g/mol. The third kappa shape index (κ3) is 8.38. The summed E-state index contributed by atoms with van der Waals surface area (Å²) in [5, 5.41) is 114. The highest BCUT2D eigenvalue weighted by Gasteiger charge is 2.68. The first-order valence-corrected chi connectivity index (χ1v) is 22.9. The first-order valence-electron chi connectivity index (χ1n) is 22.9. The van der Waals surface area contributed by atoms with Gasteiger partial charge in [-0.1, -0.05) is 32.9 Å². The zero-order valence-electron chi connectivity index (χ0n) is 36.1. The minimum atomic E-state index is -1.58. The maximum absolute atomic E-state index is 12.0. The van der Waals surface area contributed by atoms with E-state index in [2.05, 4.69) is 27.4 Å². The number of hydrogen-bond donors (Lipinski definition) is 11. The SMILES string of the molecule is C=C(CC[C@@]1(O)O[C@H]2C[C@H]3[C@@H]4CC[C@H]5C[C@@H](O[C@@H]6O[C@H](CO[C@@H]7OC[C@@H](O)[C@H](O)[C@H]7O)[C@@H](O)[C@H](O)[C@H]6O)CC[C@]5(C)[C@H]4CC[C@]3(C)[C@H]2[C@@H]1C)CO[C@@H]1O[C@H](CO)[C@@H](O)[C@H](O)[C@H]1O. The van der Waals surface area contributed by atoms with E-state index in [1.54, 1.807) is 0 Å². The molecule has 0 aromatic carbocycles. The van der Waals surface area contributed by atoms with Gasteiger partial charge in [0, 0.05) is 12.3 Å². The van der Waals surface area contributed by atoms with Gasteiger partial charge in [-0.2, -0.15) is 0 Å². The molecule has 0 aromatic rings. The third-order valence-corrected chi connectivity index (χ3v) is 17.3. The van der Waals surface area contributed by atoms with Gasteiger partial charge < -0.3 is 89.3 Å². The molecule has 0 spiro atoms. The average molecular weight is 889 g/mol. The summed E-state index contributed by atoms with van der Waals surface area (Å²) < 4.78 is 41.0. The molecule has 25 atom stereocenters. The molecule has 4 saturated heterocycles. The fraction of sp³-hybridized carbons (Fsp3) is 0.955. The minimum Gasteiger partial charge on any atom is -0.394 e. The van der Waals surface area contributed by atoms with Crippen LogP contribution in [0, 0.1) is 46.3 Å². The molecule has 8 rings (SSSR count). The van der Waals surface area contributed by atoms with E-state index in [4.69, 9.17) is 33.2 Å². The molecule has 11 N–H and O–H groups in total. The van der Waals surface area contributed by atoms with Crippen molar-refractivity contribution in [1.29, 1.82) is 0 Å². The first-order chi connectivity index (χ1) is 29.3. The lowest BCUT2D eigenvalue weighted by molar-refractivity contribution is -0.331. The third-order valence-electron chi connectivity index (χ3n) is 17.3. The Bertz CT molecular complexity index is 1560. The van der Waals surface area contributed by atoms with Crippen LogP contribution >= 0.6 is 0 Å². The van der Waals surface area contributed by atoms with Gasteiger partial charge in [-0.3, -0.25) is 0 Å². The number of aliphatic hydroxyl groups is 11. The Hall–Kier alpha value is -0.980. The zero-order chi connectivity index (χ0) is 44.6. The van der Waals surface area contributed by atoms with Gasteiger partial charge in [0.1, 0.15) is 67.1 Å². The summed E-state index contributed by atoms with van der Waals surface area (Å²) in [6.07, 6.45) is -11.4. The Labute approximate surface area is 362 Å².